The van der Waals surface area contributed by atoms with Crippen molar-refractivity contribution < 1.29 is 22.7 Å². The smallest absolute Gasteiger partial charge is 0.406 e. The summed E-state index contributed by atoms with van der Waals surface area (Å²) in [5.74, 6) is -0.582. The Morgan fingerprint density at radius 3 is 2.62 bits per heavy atom. The molecule has 1 saturated carbocycles. The Kier molecular flexibility index (Phi) is 4.30. The highest BCUT2D eigenvalue weighted by atomic mass is 19.4. The van der Waals surface area contributed by atoms with Gasteiger partial charge in [0.2, 0.25) is 0 Å². The first-order chi connectivity index (χ1) is 9.69. The molecule has 1 aliphatic carbocycles. The van der Waals surface area contributed by atoms with Gasteiger partial charge in [-0.15, -0.1) is 13.2 Å². The van der Waals surface area contributed by atoms with Crippen molar-refractivity contribution in [3.63, 3.8) is 0 Å². The zero-order valence-corrected chi connectivity index (χ0v) is 12.2. The van der Waals surface area contributed by atoms with Gasteiger partial charge in [0.05, 0.1) is 0 Å². The fraction of sp³-hybridized carbons (Fsp3) is 0.562. The van der Waals surface area contributed by atoms with Gasteiger partial charge in [-0.05, 0) is 30.4 Å². The maximum atomic E-state index is 12.6. The zero-order valence-electron chi connectivity index (χ0n) is 12.2. The van der Waals surface area contributed by atoms with Crippen LogP contribution in [0.3, 0.4) is 0 Å². The number of Topliss-reactive ketones (excluding diaryl/α,β-unsaturated/α-hetero) is 1. The first kappa shape index (κ1) is 15.9. The Morgan fingerprint density at radius 1 is 1.29 bits per heavy atom. The van der Waals surface area contributed by atoms with Gasteiger partial charge < -0.3 is 4.74 Å². The van der Waals surface area contributed by atoms with Crippen molar-refractivity contribution in [3.8, 4) is 5.75 Å². The molecule has 0 heterocycles. The van der Waals surface area contributed by atoms with E-state index in [-0.39, 0.29) is 28.4 Å². The van der Waals surface area contributed by atoms with Gasteiger partial charge in [0, 0.05) is 11.5 Å². The summed E-state index contributed by atoms with van der Waals surface area (Å²) in [5, 5.41) is 0. The van der Waals surface area contributed by atoms with Crippen LogP contribution in [0.25, 0.3) is 0 Å². The van der Waals surface area contributed by atoms with E-state index in [4.69, 9.17) is 0 Å². The molecule has 1 aromatic rings. The molecule has 116 valence electrons. The number of benzene rings is 1. The predicted molar refractivity (Wildman–Crippen MR) is 73.2 cm³/mol. The van der Waals surface area contributed by atoms with Crippen molar-refractivity contribution in [2.24, 2.45) is 11.3 Å². The number of ether oxygens (including phenoxy) is 1. The lowest BCUT2D eigenvalue weighted by molar-refractivity contribution is -0.274. The van der Waals surface area contributed by atoms with Crippen LogP contribution < -0.4 is 4.74 Å². The first-order valence-electron chi connectivity index (χ1n) is 7.09. The fourth-order valence-electron chi connectivity index (χ4n) is 3.03. The molecule has 5 heteroatoms. The van der Waals surface area contributed by atoms with Crippen LogP contribution in [0.2, 0.25) is 0 Å². The molecule has 0 N–H and O–H groups in total. The third-order valence-electron chi connectivity index (χ3n) is 4.18. The normalized spacial score (nSPS) is 21.9. The molecule has 1 unspecified atom stereocenters. The first-order valence-corrected chi connectivity index (χ1v) is 7.09. The number of carbonyl (C=O) groups is 1. The summed E-state index contributed by atoms with van der Waals surface area (Å²) in [4.78, 5) is 12.6. The third-order valence-corrected chi connectivity index (χ3v) is 4.18. The van der Waals surface area contributed by atoms with E-state index in [1.54, 1.807) is 6.07 Å². The van der Waals surface area contributed by atoms with Crippen molar-refractivity contribution in [1.29, 1.82) is 0 Å². The van der Waals surface area contributed by atoms with Gasteiger partial charge in [-0.2, -0.15) is 0 Å². The maximum absolute atomic E-state index is 12.6. The van der Waals surface area contributed by atoms with E-state index >= 15 is 0 Å². The quantitative estimate of drug-likeness (QED) is 0.735. The van der Waals surface area contributed by atoms with E-state index in [0.29, 0.717) is 0 Å². The predicted octanol–water partition coefficient (Wildman–Crippen LogP) is 4.98. The van der Waals surface area contributed by atoms with Gasteiger partial charge in [-0.1, -0.05) is 38.8 Å². The number of hydrogen-bond acceptors (Lipinski definition) is 2. The van der Waals surface area contributed by atoms with Crippen LogP contribution in [0.5, 0.6) is 5.75 Å². The van der Waals surface area contributed by atoms with Gasteiger partial charge in [-0.25, -0.2) is 0 Å². The maximum Gasteiger partial charge on any atom is 0.573 e. The lowest BCUT2D eigenvalue weighted by atomic mass is 9.66. The summed E-state index contributed by atoms with van der Waals surface area (Å²) >= 11 is 0. The fourth-order valence-corrected chi connectivity index (χ4v) is 3.03. The van der Waals surface area contributed by atoms with E-state index in [0.717, 1.165) is 25.7 Å². The van der Waals surface area contributed by atoms with Gasteiger partial charge in [0.15, 0.2) is 5.78 Å². The van der Waals surface area contributed by atoms with Crippen molar-refractivity contribution in [3.05, 3.63) is 29.8 Å². The molecule has 0 aliphatic heterocycles. The third kappa shape index (κ3) is 3.99. The molecule has 1 atom stereocenters. The van der Waals surface area contributed by atoms with Crippen LogP contribution in [0.15, 0.2) is 24.3 Å². The van der Waals surface area contributed by atoms with Crippen molar-refractivity contribution in [2.45, 2.75) is 45.9 Å². The number of ketones is 1. The molecule has 0 aromatic heterocycles. The van der Waals surface area contributed by atoms with E-state index < -0.39 is 6.36 Å². The minimum atomic E-state index is -4.74. The van der Waals surface area contributed by atoms with E-state index in [2.05, 4.69) is 4.74 Å². The van der Waals surface area contributed by atoms with Crippen LogP contribution in [0.4, 0.5) is 13.2 Å². The Labute approximate surface area is 122 Å². The summed E-state index contributed by atoms with van der Waals surface area (Å²) in [6.45, 7) is 4.09. The number of rotatable bonds is 3. The van der Waals surface area contributed by atoms with Crippen LogP contribution in [-0.2, 0) is 0 Å². The minimum absolute atomic E-state index is 0.0904. The van der Waals surface area contributed by atoms with Gasteiger partial charge in [0.25, 0.3) is 0 Å². The van der Waals surface area contributed by atoms with Crippen molar-refractivity contribution in [2.75, 3.05) is 0 Å². The highest BCUT2D eigenvalue weighted by molar-refractivity contribution is 5.98. The second-order valence-corrected chi connectivity index (χ2v) is 6.23. The molecule has 1 aromatic carbocycles. The molecule has 21 heavy (non-hydrogen) atoms. The number of hydrogen-bond donors (Lipinski definition) is 0. The van der Waals surface area contributed by atoms with Gasteiger partial charge in [-0.3, -0.25) is 4.79 Å². The second kappa shape index (κ2) is 5.70. The van der Waals surface area contributed by atoms with Crippen LogP contribution in [0, 0.1) is 11.3 Å². The SMILES string of the molecule is CC1(C)CCCCC1C(=O)c1cccc(OC(F)(F)F)c1. The average molecular weight is 300 g/mol. The molecule has 2 rings (SSSR count). The second-order valence-electron chi connectivity index (χ2n) is 6.23. The lowest BCUT2D eigenvalue weighted by Gasteiger charge is -2.37. The van der Waals surface area contributed by atoms with E-state index in [9.17, 15) is 18.0 Å². The topological polar surface area (TPSA) is 26.3 Å². The molecular weight excluding hydrogens is 281 g/mol. The molecule has 0 amide bonds. The molecular formula is C16H19F3O2. The largest absolute Gasteiger partial charge is 0.573 e. The Hall–Kier alpha value is -1.52. The molecule has 1 aliphatic rings. The molecule has 0 radical (unpaired) electrons. The highest BCUT2D eigenvalue weighted by Crippen LogP contribution is 2.42. The summed E-state index contributed by atoms with van der Waals surface area (Å²) in [7, 11) is 0. The van der Waals surface area contributed by atoms with Crippen molar-refractivity contribution in [1.82, 2.24) is 0 Å². The Balaban J connectivity index is 2.21. The van der Waals surface area contributed by atoms with E-state index in [1.165, 1.54) is 18.2 Å². The molecule has 2 nitrogen and oxygen atoms in total. The average Bonchev–Trinajstić information content (AvgIpc) is 2.36. The van der Waals surface area contributed by atoms with Crippen LogP contribution in [-0.4, -0.2) is 12.1 Å². The highest BCUT2D eigenvalue weighted by Gasteiger charge is 2.37. The number of halogens is 3. The summed E-state index contributed by atoms with van der Waals surface area (Å²) in [5.41, 5.74) is 0.174. The van der Waals surface area contributed by atoms with Gasteiger partial charge >= 0.3 is 6.36 Å². The summed E-state index contributed by atoms with van der Waals surface area (Å²) < 4.78 is 40.6. The van der Waals surface area contributed by atoms with Crippen LogP contribution >= 0.6 is 0 Å². The Morgan fingerprint density at radius 2 is 2.00 bits per heavy atom. The Bertz CT molecular complexity index is 520. The summed E-state index contributed by atoms with van der Waals surface area (Å²) in [6.07, 6.45) is -0.920. The van der Waals surface area contributed by atoms with Crippen molar-refractivity contribution >= 4 is 5.78 Å². The molecule has 1 fully saturated rings. The number of alkyl halides is 3. The standard InChI is InChI=1S/C16H19F3O2/c1-15(2)9-4-3-8-13(15)14(20)11-6-5-7-12(10-11)21-16(17,18)19/h5-7,10,13H,3-4,8-9H2,1-2H3. The summed E-state index contributed by atoms with van der Waals surface area (Å²) in [6, 6.07) is 5.36. The number of carbonyl (C=O) groups excluding carboxylic acids is 1. The van der Waals surface area contributed by atoms with Crippen LogP contribution in [0.1, 0.15) is 49.9 Å². The molecule has 0 saturated heterocycles. The van der Waals surface area contributed by atoms with E-state index in [1.807, 2.05) is 13.8 Å². The van der Waals surface area contributed by atoms with Gasteiger partial charge in [0.1, 0.15) is 5.75 Å². The minimum Gasteiger partial charge on any atom is -0.406 e. The monoisotopic (exact) mass is 300 g/mol. The lowest BCUT2D eigenvalue weighted by Crippen LogP contribution is -2.34. The molecule has 0 spiro atoms. The zero-order chi connectivity index (χ0) is 15.7. The molecule has 0 bridgehead atoms.